The number of morpholine rings is 1. The van der Waals surface area contributed by atoms with Crippen LogP contribution in [0.2, 0.25) is 0 Å². The van der Waals surface area contributed by atoms with Gasteiger partial charge >= 0.3 is 0 Å². The van der Waals surface area contributed by atoms with E-state index in [1.807, 2.05) is 6.07 Å². The van der Waals surface area contributed by atoms with Gasteiger partial charge in [-0.25, -0.2) is 4.39 Å². The van der Waals surface area contributed by atoms with E-state index in [-0.39, 0.29) is 11.4 Å². The first-order chi connectivity index (χ1) is 11.7. The molecule has 2 N–H and O–H groups in total. The SMILES string of the molecule is Cc1c(CN2CCO[C@@]3(CNCCOC3)C2)[nH]c2ccc(F)cc12. The maximum Gasteiger partial charge on any atom is 0.123 e. The fourth-order valence-corrected chi connectivity index (χ4v) is 3.76. The molecule has 130 valence electrons. The Morgan fingerprint density at radius 3 is 3.17 bits per heavy atom. The van der Waals surface area contributed by atoms with Gasteiger partial charge in [0.25, 0.3) is 0 Å². The molecule has 0 amide bonds. The van der Waals surface area contributed by atoms with Crippen LogP contribution in [0.1, 0.15) is 11.3 Å². The molecule has 1 aromatic heterocycles. The molecule has 0 bridgehead atoms. The zero-order valence-corrected chi connectivity index (χ0v) is 14.0. The first-order valence-electron chi connectivity index (χ1n) is 8.57. The van der Waals surface area contributed by atoms with Gasteiger partial charge in [0.1, 0.15) is 11.4 Å². The third-order valence-corrected chi connectivity index (χ3v) is 5.07. The van der Waals surface area contributed by atoms with Gasteiger partial charge in [-0.1, -0.05) is 0 Å². The normalized spacial score (nSPS) is 26.1. The average molecular weight is 333 g/mol. The second-order valence-corrected chi connectivity index (χ2v) is 6.89. The molecule has 1 atom stereocenters. The predicted molar refractivity (Wildman–Crippen MR) is 90.6 cm³/mol. The first-order valence-corrected chi connectivity index (χ1v) is 8.57. The number of halogens is 1. The Morgan fingerprint density at radius 1 is 1.33 bits per heavy atom. The molecule has 2 aliphatic rings. The van der Waals surface area contributed by atoms with E-state index < -0.39 is 0 Å². The van der Waals surface area contributed by atoms with Gasteiger partial charge in [0.2, 0.25) is 0 Å². The van der Waals surface area contributed by atoms with Gasteiger partial charge in [0, 0.05) is 49.3 Å². The highest BCUT2D eigenvalue weighted by Crippen LogP contribution is 2.26. The molecule has 24 heavy (non-hydrogen) atoms. The van der Waals surface area contributed by atoms with Crippen LogP contribution in [-0.2, 0) is 16.0 Å². The van der Waals surface area contributed by atoms with Gasteiger partial charge in [-0.15, -0.1) is 0 Å². The lowest BCUT2D eigenvalue weighted by Crippen LogP contribution is -2.57. The molecule has 0 unspecified atom stereocenters. The highest BCUT2D eigenvalue weighted by molar-refractivity contribution is 5.84. The van der Waals surface area contributed by atoms with Gasteiger partial charge in [-0.05, 0) is 30.7 Å². The number of benzene rings is 1. The predicted octanol–water partition coefficient (Wildman–Crippen LogP) is 1.81. The van der Waals surface area contributed by atoms with Crippen molar-refractivity contribution in [2.75, 3.05) is 46.0 Å². The second kappa shape index (κ2) is 6.44. The highest BCUT2D eigenvalue weighted by Gasteiger charge is 2.38. The van der Waals surface area contributed by atoms with Crippen molar-refractivity contribution in [3.05, 3.63) is 35.3 Å². The van der Waals surface area contributed by atoms with Crippen molar-refractivity contribution in [2.45, 2.75) is 19.1 Å². The molecule has 2 aliphatic heterocycles. The summed E-state index contributed by atoms with van der Waals surface area (Å²) in [7, 11) is 0. The Balaban J connectivity index is 1.53. The topological polar surface area (TPSA) is 49.5 Å². The van der Waals surface area contributed by atoms with Crippen molar-refractivity contribution < 1.29 is 13.9 Å². The van der Waals surface area contributed by atoms with E-state index in [1.165, 1.54) is 6.07 Å². The van der Waals surface area contributed by atoms with Crippen LogP contribution >= 0.6 is 0 Å². The fourth-order valence-electron chi connectivity index (χ4n) is 3.76. The Labute approximate surface area is 141 Å². The molecule has 1 aromatic carbocycles. The number of hydrogen-bond donors (Lipinski definition) is 2. The zero-order chi connectivity index (χ0) is 16.6. The minimum absolute atomic E-state index is 0.192. The number of hydrogen-bond acceptors (Lipinski definition) is 4. The molecule has 0 radical (unpaired) electrons. The van der Waals surface area contributed by atoms with E-state index >= 15 is 0 Å². The van der Waals surface area contributed by atoms with E-state index in [4.69, 9.17) is 9.47 Å². The van der Waals surface area contributed by atoms with E-state index in [0.29, 0.717) is 13.2 Å². The van der Waals surface area contributed by atoms with Gasteiger partial charge in [0.05, 0.1) is 19.8 Å². The minimum Gasteiger partial charge on any atom is -0.377 e. The first kappa shape index (κ1) is 16.0. The summed E-state index contributed by atoms with van der Waals surface area (Å²) in [6.45, 7) is 8.36. The maximum absolute atomic E-state index is 13.5. The Bertz CT molecular complexity index is 722. The lowest BCUT2D eigenvalue weighted by Gasteiger charge is -2.41. The van der Waals surface area contributed by atoms with Crippen molar-refractivity contribution >= 4 is 10.9 Å². The summed E-state index contributed by atoms with van der Waals surface area (Å²) in [4.78, 5) is 5.84. The van der Waals surface area contributed by atoms with Crippen molar-refractivity contribution in [1.82, 2.24) is 15.2 Å². The van der Waals surface area contributed by atoms with Crippen LogP contribution in [0.5, 0.6) is 0 Å². The molecule has 0 saturated carbocycles. The Kier molecular flexibility index (Phi) is 4.30. The molecule has 4 rings (SSSR count). The second-order valence-electron chi connectivity index (χ2n) is 6.89. The quantitative estimate of drug-likeness (QED) is 0.880. The lowest BCUT2D eigenvalue weighted by molar-refractivity contribution is -0.135. The number of nitrogens with one attached hydrogen (secondary N) is 2. The van der Waals surface area contributed by atoms with Crippen molar-refractivity contribution in [1.29, 1.82) is 0 Å². The number of H-pyrrole nitrogens is 1. The Morgan fingerprint density at radius 2 is 2.25 bits per heavy atom. The zero-order valence-electron chi connectivity index (χ0n) is 14.0. The van der Waals surface area contributed by atoms with Crippen LogP contribution in [0.4, 0.5) is 4.39 Å². The number of fused-ring (bicyclic) bond motifs is 1. The van der Waals surface area contributed by atoms with Crippen LogP contribution in [0.25, 0.3) is 10.9 Å². The number of ether oxygens (including phenoxy) is 2. The van der Waals surface area contributed by atoms with Crippen LogP contribution in [0.3, 0.4) is 0 Å². The van der Waals surface area contributed by atoms with Crippen LogP contribution in [0, 0.1) is 12.7 Å². The summed E-state index contributed by atoms with van der Waals surface area (Å²) >= 11 is 0. The fraction of sp³-hybridized carbons (Fsp3) is 0.556. The van der Waals surface area contributed by atoms with E-state index in [2.05, 4.69) is 22.1 Å². The summed E-state index contributed by atoms with van der Waals surface area (Å²) in [5.74, 6) is -0.192. The average Bonchev–Trinajstić information content (AvgIpc) is 2.74. The summed E-state index contributed by atoms with van der Waals surface area (Å²) in [5, 5.41) is 4.37. The van der Waals surface area contributed by atoms with Crippen molar-refractivity contribution in [3.8, 4) is 0 Å². The molecule has 6 heteroatoms. The molecule has 5 nitrogen and oxygen atoms in total. The smallest absolute Gasteiger partial charge is 0.123 e. The third-order valence-electron chi connectivity index (χ3n) is 5.07. The van der Waals surface area contributed by atoms with E-state index in [9.17, 15) is 4.39 Å². The van der Waals surface area contributed by atoms with Crippen LogP contribution in [-0.4, -0.2) is 61.5 Å². The van der Waals surface area contributed by atoms with Gasteiger partial charge in [0.15, 0.2) is 0 Å². The molecular weight excluding hydrogens is 309 g/mol. The number of aromatic amines is 1. The summed E-state index contributed by atoms with van der Waals surface area (Å²) in [6, 6.07) is 4.92. The molecule has 2 saturated heterocycles. The summed E-state index contributed by atoms with van der Waals surface area (Å²) in [6.07, 6.45) is 0. The molecule has 0 aliphatic carbocycles. The monoisotopic (exact) mass is 333 g/mol. The standard InChI is InChI=1S/C18H24FN3O2/c1-13-15-8-14(19)2-3-16(15)21-17(13)9-22-5-7-24-18(11-22)10-20-4-6-23-12-18/h2-3,8,20-21H,4-7,9-12H2,1H3/t18-/m0/s1. The minimum atomic E-state index is -0.263. The molecular formula is C18H24FN3O2. The third kappa shape index (κ3) is 3.07. The summed E-state index contributed by atoms with van der Waals surface area (Å²) < 4.78 is 25.3. The molecule has 1 spiro atoms. The molecule has 3 heterocycles. The number of nitrogens with zero attached hydrogens (tertiary/aromatic N) is 1. The van der Waals surface area contributed by atoms with Crippen molar-refractivity contribution in [2.24, 2.45) is 0 Å². The summed E-state index contributed by atoms with van der Waals surface area (Å²) in [5.41, 5.74) is 3.00. The van der Waals surface area contributed by atoms with E-state index in [0.717, 1.165) is 61.5 Å². The van der Waals surface area contributed by atoms with Crippen LogP contribution < -0.4 is 5.32 Å². The number of rotatable bonds is 2. The number of aryl methyl sites for hydroxylation is 1. The number of aromatic nitrogens is 1. The van der Waals surface area contributed by atoms with Crippen LogP contribution in [0.15, 0.2) is 18.2 Å². The van der Waals surface area contributed by atoms with E-state index in [1.54, 1.807) is 6.07 Å². The van der Waals surface area contributed by atoms with Crippen molar-refractivity contribution in [3.63, 3.8) is 0 Å². The molecule has 2 fully saturated rings. The van der Waals surface area contributed by atoms with Gasteiger partial charge in [-0.2, -0.15) is 0 Å². The maximum atomic E-state index is 13.5. The largest absolute Gasteiger partial charge is 0.377 e. The van der Waals surface area contributed by atoms with Gasteiger partial charge < -0.3 is 19.8 Å². The lowest BCUT2D eigenvalue weighted by atomic mass is 10.0. The highest BCUT2D eigenvalue weighted by atomic mass is 19.1. The Hall–Kier alpha value is -1.47. The molecule has 2 aromatic rings. The van der Waals surface area contributed by atoms with Gasteiger partial charge in [-0.3, -0.25) is 4.90 Å².